The molecule has 0 aliphatic heterocycles. The van der Waals surface area contributed by atoms with Crippen LogP contribution in [0.4, 0.5) is 30.7 Å². The third-order valence-corrected chi connectivity index (χ3v) is 10.1. The van der Waals surface area contributed by atoms with Crippen molar-refractivity contribution < 1.29 is 48.6 Å². The van der Waals surface area contributed by atoms with E-state index in [4.69, 9.17) is 4.74 Å². The van der Waals surface area contributed by atoms with Gasteiger partial charge in [-0.2, -0.15) is 41.0 Å². The summed E-state index contributed by atoms with van der Waals surface area (Å²) < 4.78 is 130. The number of hydrogen-bond donors (Lipinski definition) is 0. The molecular weight excluding hydrogens is 645 g/mol. The number of allylic oxidation sites excluding steroid dienone is 1. The normalized spacial score (nSPS) is 19.7. The Labute approximate surface area is 259 Å². The van der Waals surface area contributed by atoms with E-state index in [9.17, 15) is 44.4 Å². The van der Waals surface area contributed by atoms with E-state index in [2.05, 4.69) is 9.84 Å². The van der Waals surface area contributed by atoms with Crippen LogP contribution in [0.15, 0.2) is 59.1 Å². The molecule has 0 N–H and O–H groups in total. The zero-order valence-corrected chi connectivity index (χ0v) is 25.0. The quantitative estimate of drug-likeness (QED) is 0.181. The fourth-order valence-electron chi connectivity index (χ4n) is 5.95. The second-order valence-electron chi connectivity index (χ2n) is 11.3. The molecule has 2 aliphatic carbocycles. The van der Waals surface area contributed by atoms with Crippen LogP contribution in [0.5, 0.6) is 11.5 Å². The van der Waals surface area contributed by atoms with Crippen molar-refractivity contribution in [2.24, 2.45) is 11.3 Å². The minimum absolute atomic E-state index is 0.211. The number of nitrogens with zero attached hydrogens (tertiary/aromatic N) is 4. The van der Waals surface area contributed by atoms with Crippen LogP contribution in [0.3, 0.4) is 0 Å². The number of hydrogen-bond acceptors (Lipinski definition) is 6. The molecule has 2 aromatic carbocycles. The second-order valence-corrected chi connectivity index (χ2v) is 13.2. The topological polar surface area (TPSA) is 97.5 Å². The van der Waals surface area contributed by atoms with Crippen molar-refractivity contribution >= 4 is 16.1 Å². The third-order valence-electron chi connectivity index (χ3n) is 8.22. The van der Waals surface area contributed by atoms with Crippen molar-refractivity contribution in [3.8, 4) is 23.3 Å². The summed E-state index contributed by atoms with van der Waals surface area (Å²) in [6.07, 6.45) is -4.42. The van der Waals surface area contributed by atoms with E-state index >= 15 is 0 Å². The molecule has 0 spiro atoms. The molecule has 1 heterocycles. The van der Waals surface area contributed by atoms with Crippen LogP contribution in [0.1, 0.15) is 31.0 Å². The first-order valence-electron chi connectivity index (χ1n) is 13.9. The summed E-state index contributed by atoms with van der Waals surface area (Å²) in [7, 11) is -4.80. The predicted octanol–water partition coefficient (Wildman–Crippen LogP) is 6.46. The van der Waals surface area contributed by atoms with Gasteiger partial charge in [-0.15, -0.1) is 0 Å². The number of nitriles is 1. The molecule has 2 atom stereocenters. The number of fused-ring (bicyclic) bond motifs is 2. The highest BCUT2D eigenvalue weighted by molar-refractivity contribution is 7.89. The maximum Gasteiger partial charge on any atom is 0.422 e. The van der Waals surface area contributed by atoms with Gasteiger partial charge in [0.15, 0.2) is 13.2 Å². The van der Waals surface area contributed by atoms with Crippen molar-refractivity contribution in [2.45, 2.75) is 43.4 Å². The molecule has 1 fully saturated rings. The van der Waals surface area contributed by atoms with Gasteiger partial charge in [-0.25, -0.2) is 17.5 Å². The first-order valence-corrected chi connectivity index (χ1v) is 15.4. The summed E-state index contributed by atoms with van der Waals surface area (Å²) in [6.45, 7) is -2.58. The molecule has 16 heteroatoms. The number of halogens is 7. The second kappa shape index (κ2) is 12.3. The number of alkyl halides is 6. The zero-order valence-electron chi connectivity index (χ0n) is 24.2. The van der Waals surface area contributed by atoms with Crippen molar-refractivity contribution in [3.63, 3.8) is 0 Å². The van der Waals surface area contributed by atoms with E-state index in [0.29, 0.717) is 31.0 Å². The van der Waals surface area contributed by atoms with Gasteiger partial charge >= 0.3 is 12.4 Å². The van der Waals surface area contributed by atoms with E-state index in [1.807, 2.05) is 13.0 Å². The van der Waals surface area contributed by atoms with Crippen molar-refractivity contribution in [3.05, 3.63) is 71.3 Å². The van der Waals surface area contributed by atoms with Gasteiger partial charge in [0.1, 0.15) is 28.8 Å². The number of benzene rings is 2. The van der Waals surface area contributed by atoms with Gasteiger partial charge in [-0.05, 0) is 78.6 Å². The fourth-order valence-corrected chi connectivity index (χ4v) is 7.48. The molecule has 5 rings (SSSR count). The van der Waals surface area contributed by atoms with Crippen LogP contribution in [-0.4, -0.2) is 61.2 Å². The molecule has 0 radical (unpaired) electrons. The lowest BCUT2D eigenvalue weighted by molar-refractivity contribution is -0.154. The van der Waals surface area contributed by atoms with Gasteiger partial charge in [-0.3, -0.25) is 0 Å². The fraction of sp³-hybridized carbons (Fsp3) is 0.400. The van der Waals surface area contributed by atoms with Gasteiger partial charge in [0.2, 0.25) is 10.0 Å². The first kappa shape index (κ1) is 33.3. The van der Waals surface area contributed by atoms with E-state index in [1.54, 1.807) is 29.1 Å². The molecule has 8 nitrogen and oxygen atoms in total. The van der Waals surface area contributed by atoms with Crippen LogP contribution in [0, 0.1) is 28.5 Å². The van der Waals surface area contributed by atoms with Crippen molar-refractivity contribution in [2.75, 3.05) is 26.3 Å². The third kappa shape index (κ3) is 7.00. The molecule has 0 amide bonds. The molecule has 46 heavy (non-hydrogen) atoms. The molecule has 2 aliphatic rings. The maximum atomic E-state index is 13.9. The molecular formula is C30H27F7N4O4S. The van der Waals surface area contributed by atoms with Gasteiger partial charge in [0.25, 0.3) is 0 Å². The van der Waals surface area contributed by atoms with Gasteiger partial charge in [0.05, 0.1) is 23.6 Å². The largest absolute Gasteiger partial charge is 0.484 e. The Kier molecular flexibility index (Phi) is 8.86. The number of ether oxygens (including phenoxy) is 2. The van der Waals surface area contributed by atoms with Gasteiger partial charge in [-0.1, -0.05) is 12.5 Å². The lowest BCUT2D eigenvalue weighted by Gasteiger charge is -2.37. The van der Waals surface area contributed by atoms with Crippen LogP contribution >= 0.6 is 0 Å². The predicted molar refractivity (Wildman–Crippen MR) is 150 cm³/mol. The Bertz CT molecular complexity index is 1780. The monoisotopic (exact) mass is 672 g/mol. The Morgan fingerprint density at radius 1 is 1.07 bits per heavy atom. The summed E-state index contributed by atoms with van der Waals surface area (Å²) in [5.41, 5.74) is 2.71. The Hall–Kier alpha value is -4.10. The highest BCUT2D eigenvalue weighted by Gasteiger charge is 2.47. The molecule has 0 unspecified atom stereocenters. The molecule has 246 valence electrons. The van der Waals surface area contributed by atoms with E-state index in [0.717, 1.165) is 33.3 Å². The molecule has 0 bridgehead atoms. The Balaban J connectivity index is 1.45. The van der Waals surface area contributed by atoms with Crippen LogP contribution in [0.25, 0.3) is 11.8 Å². The van der Waals surface area contributed by atoms with Gasteiger partial charge < -0.3 is 9.47 Å². The number of rotatable bonds is 10. The molecule has 3 aromatic rings. The standard InChI is InChI=1S/C30H27F7N4O4S/c1-28-14-19-15-39-41(23-6-4-22(31)5-7-23)25(19)12-20(28)2-3-21(28)16-40(11-10-38)46(42,43)27-13-24(44-17-29(32,33)34)8-9-26(27)45-18-30(35,36)37/h4-9,12-13,15,21H,2-3,11,14,16-18H2,1H3/t21-,28+/m1/s1. The zero-order chi connectivity index (χ0) is 33.5. The smallest absolute Gasteiger partial charge is 0.422 e. The minimum atomic E-state index is -4.84. The average Bonchev–Trinajstić information content (AvgIpc) is 3.52. The van der Waals surface area contributed by atoms with Crippen molar-refractivity contribution in [1.29, 1.82) is 5.26 Å². The summed E-state index contributed by atoms with van der Waals surface area (Å²) in [5.74, 6) is -2.07. The molecule has 0 saturated heterocycles. The summed E-state index contributed by atoms with van der Waals surface area (Å²) >= 11 is 0. The van der Waals surface area contributed by atoms with E-state index < -0.39 is 69.8 Å². The molecule has 1 saturated carbocycles. The Morgan fingerprint density at radius 3 is 2.39 bits per heavy atom. The lowest BCUT2D eigenvalue weighted by Crippen LogP contribution is -2.41. The van der Waals surface area contributed by atoms with E-state index in [-0.39, 0.29) is 12.5 Å². The SMILES string of the molecule is C[C@]12Cc3cnn(-c4ccc(F)cc4)c3C=C1CC[C@@H]2CN(CC#N)S(=O)(=O)c1cc(OCC(F)(F)F)ccc1OCC(F)(F)F. The highest BCUT2D eigenvalue weighted by atomic mass is 32.2. The summed E-state index contributed by atoms with van der Waals surface area (Å²) in [4.78, 5) is -0.864. The minimum Gasteiger partial charge on any atom is -0.484 e. The first-order chi connectivity index (χ1) is 21.5. The number of sulfonamides is 1. The summed E-state index contributed by atoms with van der Waals surface area (Å²) in [6, 6.07) is 9.90. The Morgan fingerprint density at radius 2 is 1.74 bits per heavy atom. The average molecular weight is 673 g/mol. The van der Waals surface area contributed by atoms with Crippen molar-refractivity contribution in [1.82, 2.24) is 14.1 Å². The maximum absolute atomic E-state index is 13.9. The van der Waals surface area contributed by atoms with Crippen LogP contribution < -0.4 is 9.47 Å². The number of aromatic nitrogens is 2. The molecule has 1 aromatic heterocycles. The van der Waals surface area contributed by atoms with Gasteiger partial charge in [0, 0.05) is 12.6 Å². The van der Waals surface area contributed by atoms with E-state index in [1.165, 1.54) is 12.1 Å². The lowest BCUT2D eigenvalue weighted by atomic mass is 9.70. The highest BCUT2D eigenvalue weighted by Crippen LogP contribution is 2.53. The summed E-state index contributed by atoms with van der Waals surface area (Å²) in [5, 5.41) is 14.0. The van der Waals surface area contributed by atoms with Crippen LogP contribution in [0.2, 0.25) is 0 Å². The van der Waals surface area contributed by atoms with Crippen LogP contribution in [-0.2, 0) is 16.4 Å².